The van der Waals surface area contributed by atoms with Crippen LogP contribution in [0.5, 0.6) is 0 Å². The molecule has 5 nitrogen and oxygen atoms in total. The van der Waals surface area contributed by atoms with Gasteiger partial charge in [0.25, 0.3) is 5.91 Å². The zero-order chi connectivity index (χ0) is 18.2. The Labute approximate surface area is 159 Å². The lowest BCUT2D eigenvalue weighted by Crippen LogP contribution is -2.47. The summed E-state index contributed by atoms with van der Waals surface area (Å²) in [7, 11) is 0. The number of nitrogens with one attached hydrogen (secondary N) is 1. The number of nitrogens with zero attached hydrogens (tertiary/aromatic N) is 3. The van der Waals surface area contributed by atoms with Gasteiger partial charge in [-0.2, -0.15) is 0 Å². The van der Waals surface area contributed by atoms with Gasteiger partial charge in [-0.1, -0.05) is 42.5 Å². The Morgan fingerprint density at radius 2 is 1.81 bits per heavy atom. The summed E-state index contributed by atoms with van der Waals surface area (Å²) < 4.78 is 0. The summed E-state index contributed by atoms with van der Waals surface area (Å²) in [6.45, 7) is 3.80. The van der Waals surface area contributed by atoms with E-state index < -0.39 is 0 Å². The Hall–Kier alpha value is -2.66. The van der Waals surface area contributed by atoms with Gasteiger partial charge in [-0.3, -0.25) is 9.69 Å². The first kappa shape index (κ1) is 16.5. The largest absolute Gasteiger partial charge is 0.334 e. The van der Waals surface area contributed by atoms with Crippen LogP contribution in [0.2, 0.25) is 0 Å². The van der Waals surface area contributed by atoms with Gasteiger partial charge >= 0.3 is 0 Å². The zero-order valence-corrected chi connectivity index (χ0v) is 15.3. The minimum absolute atomic E-state index is 0.0439. The van der Waals surface area contributed by atoms with Crippen LogP contribution in [-0.2, 0) is 6.54 Å². The monoisotopic (exact) mass is 360 g/mol. The highest BCUT2D eigenvalue weighted by Crippen LogP contribution is 2.30. The molecule has 5 heteroatoms. The lowest BCUT2D eigenvalue weighted by Gasteiger charge is -2.35. The molecule has 1 aromatic heterocycles. The van der Waals surface area contributed by atoms with Crippen LogP contribution in [-0.4, -0.2) is 51.4 Å². The average Bonchev–Trinajstić information content (AvgIpc) is 2.95. The van der Waals surface area contributed by atoms with Crippen molar-refractivity contribution in [2.75, 3.05) is 19.6 Å². The normalized spacial score (nSPS) is 22.9. The number of rotatable bonds is 3. The molecule has 3 aliphatic rings. The van der Waals surface area contributed by atoms with Crippen LogP contribution in [0, 0.1) is 5.92 Å². The van der Waals surface area contributed by atoms with Crippen molar-refractivity contribution < 1.29 is 4.79 Å². The molecule has 3 aromatic rings. The quantitative estimate of drug-likeness (QED) is 0.780. The molecule has 0 radical (unpaired) electrons. The lowest BCUT2D eigenvalue weighted by atomic mass is 9.95. The molecule has 4 heterocycles. The predicted molar refractivity (Wildman–Crippen MR) is 105 cm³/mol. The first-order valence-corrected chi connectivity index (χ1v) is 9.78. The first-order chi connectivity index (χ1) is 13.3. The topological polar surface area (TPSA) is 52.2 Å². The molecule has 6 rings (SSSR count). The number of H-pyrrole nitrogens is 1. The van der Waals surface area contributed by atoms with Crippen molar-refractivity contribution in [2.24, 2.45) is 5.92 Å². The van der Waals surface area contributed by atoms with E-state index in [-0.39, 0.29) is 11.9 Å². The number of benzene rings is 2. The molecular weight excluding hydrogens is 336 g/mol. The smallest absolute Gasteiger partial charge is 0.289 e. The number of fused-ring (bicyclic) bond motifs is 5. The van der Waals surface area contributed by atoms with Gasteiger partial charge in [-0.15, -0.1) is 0 Å². The summed E-state index contributed by atoms with van der Waals surface area (Å²) >= 11 is 0. The van der Waals surface area contributed by atoms with Crippen LogP contribution >= 0.6 is 0 Å². The number of carbonyl (C=O) groups excluding carboxylic acids is 1. The molecule has 0 spiro atoms. The summed E-state index contributed by atoms with van der Waals surface area (Å²) in [5.41, 5.74) is 3.12. The molecule has 0 unspecified atom stereocenters. The van der Waals surface area contributed by atoms with Gasteiger partial charge in [0.1, 0.15) is 0 Å². The summed E-state index contributed by atoms with van der Waals surface area (Å²) in [5, 5.41) is 0. The molecule has 138 valence electrons. The Kier molecular flexibility index (Phi) is 4.17. The van der Waals surface area contributed by atoms with Crippen molar-refractivity contribution >= 4 is 16.9 Å². The average molecular weight is 360 g/mol. The molecule has 1 amide bonds. The summed E-state index contributed by atoms with van der Waals surface area (Å²) in [6.07, 6.45) is 2.29. The van der Waals surface area contributed by atoms with Crippen LogP contribution < -0.4 is 0 Å². The van der Waals surface area contributed by atoms with E-state index >= 15 is 0 Å². The van der Waals surface area contributed by atoms with Crippen LogP contribution in [0.25, 0.3) is 11.0 Å². The Balaban J connectivity index is 1.36. The molecule has 2 atom stereocenters. The third-order valence-electron chi connectivity index (χ3n) is 5.89. The number of hydrogen-bond acceptors (Lipinski definition) is 3. The number of piperidine rings is 1. The third kappa shape index (κ3) is 3.23. The maximum Gasteiger partial charge on any atom is 0.289 e. The standard InChI is InChI=1S/C22H24N4O/c27-22(21-23-19-8-4-5-9-20(19)24-21)26-14-17-10-11-18(26)15-25(13-17)12-16-6-2-1-3-7-16/h1-9,17-18H,10-15H2,(H,23,24)/t17-,18+/m0/s1. The van der Waals surface area contributed by atoms with Gasteiger partial charge in [-0.25, -0.2) is 4.98 Å². The van der Waals surface area contributed by atoms with Crippen molar-refractivity contribution in [3.8, 4) is 0 Å². The van der Waals surface area contributed by atoms with Gasteiger partial charge in [0.2, 0.25) is 0 Å². The second-order valence-electron chi connectivity index (χ2n) is 7.84. The van der Waals surface area contributed by atoms with E-state index in [4.69, 9.17) is 0 Å². The van der Waals surface area contributed by atoms with E-state index in [1.54, 1.807) is 0 Å². The molecule has 2 bridgehead atoms. The van der Waals surface area contributed by atoms with Crippen LogP contribution in [0.1, 0.15) is 29.0 Å². The van der Waals surface area contributed by atoms with Gasteiger partial charge in [0, 0.05) is 32.2 Å². The summed E-state index contributed by atoms with van der Waals surface area (Å²) in [5.74, 6) is 1.06. The highest BCUT2D eigenvalue weighted by Gasteiger charge is 2.38. The molecule has 3 fully saturated rings. The molecule has 2 aromatic carbocycles. The number of hydrogen-bond donors (Lipinski definition) is 1. The molecule has 0 saturated carbocycles. The van der Waals surface area contributed by atoms with Crippen LogP contribution in [0.15, 0.2) is 54.6 Å². The van der Waals surface area contributed by atoms with Gasteiger partial charge in [0.15, 0.2) is 5.82 Å². The molecule has 3 aliphatic heterocycles. The van der Waals surface area contributed by atoms with Crippen molar-refractivity contribution in [3.63, 3.8) is 0 Å². The van der Waals surface area contributed by atoms with E-state index in [0.717, 1.165) is 43.6 Å². The highest BCUT2D eigenvalue weighted by molar-refractivity contribution is 5.94. The molecule has 27 heavy (non-hydrogen) atoms. The number of carbonyl (C=O) groups is 1. The number of amides is 1. The highest BCUT2D eigenvalue weighted by atomic mass is 16.2. The number of aromatic nitrogens is 2. The lowest BCUT2D eigenvalue weighted by molar-refractivity contribution is 0.0574. The fourth-order valence-corrected chi connectivity index (χ4v) is 4.59. The van der Waals surface area contributed by atoms with Crippen molar-refractivity contribution in [1.82, 2.24) is 19.8 Å². The zero-order valence-electron chi connectivity index (χ0n) is 15.3. The Morgan fingerprint density at radius 1 is 1.00 bits per heavy atom. The second kappa shape index (κ2) is 6.82. The summed E-state index contributed by atoms with van der Waals surface area (Å²) in [6, 6.07) is 18.7. The minimum Gasteiger partial charge on any atom is -0.334 e. The van der Waals surface area contributed by atoms with Crippen molar-refractivity contribution in [2.45, 2.75) is 25.4 Å². The third-order valence-corrected chi connectivity index (χ3v) is 5.89. The molecular formula is C22H24N4O. The van der Waals surface area contributed by atoms with E-state index in [2.05, 4.69) is 50.1 Å². The Morgan fingerprint density at radius 3 is 2.67 bits per heavy atom. The second-order valence-corrected chi connectivity index (χ2v) is 7.84. The number of imidazole rings is 1. The fraction of sp³-hybridized carbons (Fsp3) is 0.364. The van der Waals surface area contributed by atoms with Crippen LogP contribution in [0.3, 0.4) is 0 Å². The van der Waals surface area contributed by atoms with E-state index in [1.807, 2.05) is 24.3 Å². The van der Waals surface area contributed by atoms with Gasteiger partial charge < -0.3 is 9.88 Å². The van der Waals surface area contributed by atoms with Crippen molar-refractivity contribution in [3.05, 3.63) is 66.0 Å². The van der Waals surface area contributed by atoms with E-state index in [9.17, 15) is 4.79 Å². The number of aromatic amines is 1. The van der Waals surface area contributed by atoms with Crippen molar-refractivity contribution in [1.29, 1.82) is 0 Å². The van der Waals surface area contributed by atoms with Gasteiger partial charge in [-0.05, 0) is 36.5 Å². The SMILES string of the molecule is O=C(c1nc2ccccc2[nH]1)N1C[C@H]2CC[C@@H]1CN(Cc1ccccc1)C2. The maximum atomic E-state index is 13.2. The first-order valence-electron chi connectivity index (χ1n) is 9.78. The van der Waals surface area contributed by atoms with E-state index in [1.165, 1.54) is 12.0 Å². The Bertz CT molecular complexity index is 918. The maximum absolute atomic E-state index is 13.2. The fourth-order valence-electron chi connectivity index (χ4n) is 4.59. The molecule has 1 N–H and O–H groups in total. The van der Waals surface area contributed by atoms with Crippen LogP contribution in [0.4, 0.5) is 0 Å². The molecule has 3 saturated heterocycles. The van der Waals surface area contributed by atoms with E-state index in [0.29, 0.717) is 11.7 Å². The predicted octanol–water partition coefficient (Wildman–Crippen LogP) is 3.30. The minimum atomic E-state index is 0.0439. The molecule has 0 aliphatic carbocycles. The summed E-state index contributed by atoms with van der Waals surface area (Å²) in [4.78, 5) is 25.5. The van der Waals surface area contributed by atoms with Gasteiger partial charge in [0.05, 0.1) is 11.0 Å². The number of para-hydroxylation sites is 2.